The van der Waals surface area contributed by atoms with Crippen molar-refractivity contribution in [3.05, 3.63) is 23.9 Å². The molecule has 3 rings (SSSR count). The minimum absolute atomic E-state index is 0. The Hall–Kier alpha value is -0.740. The molecule has 0 aromatic carbocycles. The average Bonchev–Trinajstić information content (AvgIpc) is 2.68. The number of hydrogen-bond donors (Lipinski definition) is 1. The third kappa shape index (κ3) is 6.38. The number of rotatable bonds is 4. The Bertz CT molecular complexity index is 645. The van der Waals surface area contributed by atoms with E-state index in [4.69, 9.17) is 0 Å². The van der Waals surface area contributed by atoms with Gasteiger partial charge < -0.3 is 20.0 Å². The molecule has 0 amide bonds. The third-order valence-corrected chi connectivity index (χ3v) is 6.64. The summed E-state index contributed by atoms with van der Waals surface area (Å²) >= 11 is 2.04. The molecule has 0 radical (unpaired) electrons. The van der Waals surface area contributed by atoms with Crippen molar-refractivity contribution in [1.29, 1.82) is 0 Å². The summed E-state index contributed by atoms with van der Waals surface area (Å²) in [6.45, 7) is 15.2. The van der Waals surface area contributed by atoms with Gasteiger partial charge in [-0.25, -0.2) is 4.98 Å². The number of guanidine groups is 1. The fourth-order valence-electron chi connectivity index (χ4n) is 3.75. The van der Waals surface area contributed by atoms with E-state index in [0.29, 0.717) is 0 Å². The van der Waals surface area contributed by atoms with Crippen LogP contribution in [-0.2, 0) is 6.54 Å². The maximum absolute atomic E-state index is 4.61. The maximum Gasteiger partial charge on any atom is 0.193 e. The van der Waals surface area contributed by atoms with Gasteiger partial charge in [0.1, 0.15) is 5.82 Å². The largest absolute Gasteiger partial charge is 0.354 e. The van der Waals surface area contributed by atoms with Crippen LogP contribution in [-0.4, -0.2) is 84.1 Å². The van der Waals surface area contributed by atoms with Crippen molar-refractivity contribution in [3.8, 4) is 0 Å². The highest BCUT2D eigenvalue weighted by Gasteiger charge is 2.28. The number of aromatic nitrogens is 1. The zero-order valence-electron chi connectivity index (χ0n) is 17.6. The minimum Gasteiger partial charge on any atom is -0.354 e. The molecule has 6 nitrogen and oxygen atoms in total. The number of thioether (sulfide) groups is 1. The summed E-state index contributed by atoms with van der Waals surface area (Å²) < 4.78 is 0.278. The molecular weight excluding hydrogens is 483 g/mol. The Morgan fingerprint density at radius 1 is 1.25 bits per heavy atom. The van der Waals surface area contributed by atoms with Gasteiger partial charge in [-0.15, -0.1) is 24.0 Å². The summed E-state index contributed by atoms with van der Waals surface area (Å²) in [4.78, 5) is 16.4. The molecule has 2 saturated heterocycles. The first-order valence-electron chi connectivity index (χ1n) is 10.0. The summed E-state index contributed by atoms with van der Waals surface area (Å²) in [6, 6.07) is 4.32. The smallest absolute Gasteiger partial charge is 0.193 e. The van der Waals surface area contributed by atoms with Gasteiger partial charge in [-0.2, -0.15) is 11.8 Å². The molecule has 0 unspecified atom stereocenters. The Labute approximate surface area is 191 Å². The van der Waals surface area contributed by atoms with Crippen LogP contribution in [0.5, 0.6) is 0 Å². The van der Waals surface area contributed by atoms with Crippen LogP contribution in [0.4, 0.5) is 5.82 Å². The fraction of sp³-hybridized carbons (Fsp3) is 0.700. The molecule has 2 aliphatic rings. The number of halogens is 1. The molecule has 0 saturated carbocycles. The van der Waals surface area contributed by atoms with E-state index >= 15 is 0 Å². The Kier molecular flexibility index (Phi) is 9.14. The highest BCUT2D eigenvalue weighted by molar-refractivity contribution is 14.0. The molecule has 3 heterocycles. The second-order valence-electron chi connectivity index (χ2n) is 7.87. The van der Waals surface area contributed by atoms with Crippen molar-refractivity contribution in [2.75, 3.05) is 63.5 Å². The lowest BCUT2D eigenvalue weighted by atomic mass is 10.2. The van der Waals surface area contributed by atoms with Gasteiger partial charge in [0.05, 0.1) is 0 Å². The van der Waals surface area contributed by atoms with Crippen molar-refractivity contribution in [2.24, 2.45) is 4.99 Å². The number of anilines is 1. The van der Waals surface area contributed by atoms with E-state index in [0.717, 1.165) is 69.9 Å². The van der Waals surface area contributed by atoms with Crippen LogP contribution in [0.2, 0.25) is 0 Å². The van der Waals surface area contributed by atoms with Crippen LogP contribution in [0.15, 0.2) is 23.3 Å². The van der Waals surface area contributed by atoms with Crippen molar-refractivity contribution >= 4 is 47.5 Å². The van der Waals surface area contributed by atoms with Crippen molar-refractivity contribution in [1.82, 2.24) is 20.1 Å². The van der Waals surface area contributed by atoms with E-state index in [1.165, 1.54) is 5.56 Å². The first-order valence-corrected chi connectivity index (χ1v) is 11.0. The van der Waals surface area contributed by atoms with Crippen LogP contribution >= 0.6 is 35.7 Å². The zero-order chi connectivity index (χ0) is 19.3. The number of nitrogens with one attached hydrogen (secondary N) is 1. The number of likely N-dealkylation sites (N-methyl/N-ethyl adjacent to an activating group) is 1. The van der Waals surface area contributed by atoms with Gasteiger partial charge in [0.15, 0.2) is 5.96 Å². The first kappa shape index (κ1) is 23.5. The Morgan fingerprint density at radius 2 is 2.00 bits per heavy atom. The third-order valence-electron chi connectivity index (χ3n) is 5.34. The molecule has 1 N–H and O–H groups in total. The topological polar surface area (TPSA) is 47.0 Å². The lowest BCUT2D eigenvalue weighted by Crippen LogP contribution is -2.50. The summed E-state index contributed by atoms with van der Waals surface area (Å²) in [5, 5.41) is 3.55. The molecule has 0 atom stereocenters. The van der Waals surface area contributed by atoms with Gasteiger partial charge >= 0.3 is 0 Å². The number of hydrogen-bond acceptors (Lipinski definition) is 5. The van der Waals surface area contributed by atoms with Gasteiger partial charge in [-0.1, -0.05) is 6.92 Å². The van der Waals surface area contributed by atoms with Gasteiger partial charge in [0.25, 0.3) is 0 Å². The zero-order valence-corrected chi connectivity index (χ0v) is 20.8. The first-order chi connectivity index (χ1) is 13.0. The van der Waals surface area contributed by atoms with Crippen molar-refractivity contribution in [3.63, 3.8) is 0 Å². The predicted octanol–water partition coefficient (Wildman–Crippen LogP) is 2.74. The van der Waals surface area contributed by atoms with Gasteiger partial charge in [0, 0.05) is 69.6 Å². The van der Waals surface area contributed by atoms with E-state index < -0.39 is 0 Å². The quantitative estimate of drug-likeness (QED) is 0.376. The number of aliphatic imine (C=N–C) groups is 1. The molecule has 1 aromatic heterocycles. The van der Waals surface area contributed by atoms with Crippen molar-refractivity contribution < 1.29 is 0 Å². The molecule has 8 heteroatoms. The van der Waals surface area contributed by atoms with Crippen LogP contribution in [0, 0.1) is 0 Å². The highest BCUT2D eigenvalue weighted by Crippen LogP contribution is 2.29. The normalized spacial score (nSPS) is 20.6. The molecule has 158 valence electrons. The summed E-state index contributed by atoms with van der Waals surface area (Å²) in [5.74, 6) is 3.24. The van der Waals surface area contributed by atoms with Gasteiger partial charge in [-0.3, -0.25) is 4.99 Å². The van der Waals surface area contributed by atoms with Crippen molar-refractivity contribution in [2.45, 2.75) is 32.1 Å². The number of pyridine rings is 1. The second-order valence-corrected chi connectivity index (χ2v) is 9.68. The number of piperazine rings is 1. The summed E-state index contributed by atoms with van der Waals surface area (Å²) in [6.07, 6.45) is 1.93. The predicted molar refractivity (Wildman–Crippen MR) is 132 cm³/mol. The van der Waals surface area contributed by atoms with Gasteiger partial charge in [0.2, 0.25) is 0 Å². The van der Waals surface area contributed by atoms with Gasteiger partial charge in [-0.05, 0) is 38.1 Å². The molecular formula is C20H35IN6S. The Morgan fingerprint density at radius 3 is 2.64 bits per heavy atom. The number of nitrogens with zero attached hydrogens (tertiary/aromatic N) is 5. The van der Waals surface area contributed by atoms with E-state index in [1.807, 2.05) is 25.0 Å². The monoisotopic (exact) mass is 518 g/mol. The maximum atomic E-state index is 4.61. The van der Waals surface area contributed by atoms with Crippen LogP contribution < -0.4 is 10.2 Å². The Balaban J connectivity index is 0.00000280. The van der Waals surface area contributed by atoms with E-state index in [1.54, 1.807) is 0 Å². The molecule has 0 bridgehead atoms. The van der Waals surface area contributed by atoms with Crippen LogP contribution in [0.1, 0.15) is 26.3 Å². The molecule has 1 aromatic rings. The summed E-state index contributed by atoms with van der Waals surface area (Å²) in [7, 11) is 1.88. The second kappa shape index (κ2) is 10.9. The van der Waals surface area contributed by atoms with Crippen LogP contribution in [0.25, 0.3) is 0 Å². The standard InChI is InChI=1S/C20H34N6S.HI/c1-5-24-8-10-25(11-9-24)18-14-17(6-7-22-18)15-23-19(21-4)26-12-13-27-20(2,3)16-26;/h6-7,14H,5,8-13,15-16H2,1-4H3,(H,21,23);1H. The highest BCUT2D eigenvalue weighted by atomic mass is 127. The average molecular weight is 519 g/mol. The molecule has 28 heavy (non-hydrogen) atoms. The summed E-state index contributed by atoms with van der Waals surface area (Å²) in [5.41, 5.74) is 1.25. The lowest BCUT2D eigenvalue weighted by molar-refractivity contribution is 0.270. The molecule has 2 fully saturated rings. The minimum atomic E-state index is 0. The SMILES string of the molecule is CCN1CCN(c2cc(CNC(=NC)N3CCSC(C)(C)C3)ccn2)CC1.I. The lowest BCUT2D eigenvalue weighted by Gasteiger charge is -2.39. The molecule has 0 spiro atoms. The van der Waals surface area contributed by atoms with Crippen LogP contribution in [0.3, 0.4) is 0 Å². The van der Waals surface area contributed by atoms with E-state index in [-0.39, 0.29) is 28.7 Å². The fourth-order valence-corrected chi connectivity index (χ4v) is 4.86. The van der Waals surface area contributed by atoms with E-state index in [2.05, 4.69) is 62.9 Å². The van der Waals surface area contributed by atoms with E-state index in [9.17, 15) is 0 Å². The molecule has 0 aliphatic carbocycles. The molecule has 2 aliphatic heterocycles.